The Kier molecular flexibility index (Phi) is 6.01. The molecule has 128 valence electrons. The van der Waals surface area contributed by atoms with E-state index in [1.807, 2.05) is 0 Å². The lowest BCUT2D eigenvalue weighted by Gasteiger charge is -2.31. The number of carbonyl (C=O) groups is 2. The average molecular weight is 331 g/mol. The number of carbonyl (C=O) groups excluding carboxylic acids is 1. The second-order valence-electron chi connectivity index (χ2n) is 5.79. The van der Waals surface area contributed by atoms with Crippen LogP contribution in [-0.2, 0) is 4.79 Å². The number of rotatable bonds is 5. The molecule has 2 rings (SSSR count). The summed E-state index contributed by atoms with van der Waals surface area (Å²) >= 11 is 0. The van der Waals surface area contributed by atoms with E-state index < -0.39 is 24.1 Å². The number of nitriles is 1. The highest BCUT2D eigenvalue weighted by Gasteiger charge is 2.33. The Morgan fingerprint density at radius 1 is 1.38 bits per heavy atom. The highest BCUT2D eigenvalue weighted by Crippen LogP contribution is 2.26. The Morgan fingerprint density at radius 2 is 2.12 bits per heavy atom. The van der Waals surface area contributed by atoms with Gasteiger partial charge in [-0.25, -0.2) is 4.79 Å². The number of hydrogen-bond donors (Lipinski definition) is 3. The van der Waals surface area contributed by atoms with Crippen LogP contribution in [0.25, 0.3) is 0 Å². The molecule has 2 amide bonds. The Morgan fingerprint density at radius 3 is 2.79 bits per heavy atom. The highest BCUT2D eigenvalue weighted by atomic mass is 16.5. The summed E-state index contributed by atoms with van der Waals surface area (Å²) in [5.74, 6) is -0.163. The van der Waals surface area contributed by atoms with Gasteiger partial charge in [0.1, 0.15) is 11.8 Å². The van der Waals surface area contributed by atoms with Crippen molar-refractivity contribution in [3.8, 4) is 11.8 Å². The zero-order valence-electron chi connectivity index (χ0n) is 13.5. The summed E-state index contributed by atoms with van der Waals surface area (Å²) in [5.41, 5.74) is 0.628. The molecule has 7 nitrogen and oxygen atoms in total. The Bertz CT molecular complexity index is 641. The summed E-state index contributed by atoms with van der Waals surface area (Å²) in [6.45, 7) is 0. The minimum absolute atomic E-state index is 0.303. The van der Waals surface area contributed by atoms with Gasteiger partial charge in [0.15, 0.2) is 0 Å². The van der Waals surface area contributed by atoms with Crippen LogP contribution in [0.5, 0.6) is 5.75 Å². The van der Waals surface area contributed by atoms with Gasteiger partial charge in [0.25, 0.3) is 0 Å². The first-order valence-electron chi connectivity index (χ1n) is 7.88. The van der Waals surface area contributed by atoms with Crippen LogP contribution in [0.3, 0.4) is 0 Å². The molecule has 0 aliphatic heterocycles. The van der Waals surface area contributed by atoms with E-state index in [0.29, 0.717) is 24.2 Å². The summed E-state index contributed by atoms with van der Waals surface area (Å²) in [6, 6.07) is 7.79. The van der Waals surface area contributed by atoms with Crippen molar-refractivity contribution in [1.82, 2.24) is 10.6 Å². The standard InChI is InChI=1S/C17H21N3O4/c1-24-12-6-4-5-11(9-12)15(10-18)19-16(21)13-7-2-3-8-14(13)20-17(22)23/h4-6,9,13-15,20H,2-3,7-8H2,1H3,(H,19,21)(H,22,23)/t13-,14-,15?/m1/s1. The van der Waals surface area contributed by atoms with Gasteiger partial charge in [0, 0.05) is 6.04 Å². The van der Waals surface area contributed by atoms with Crippen LogP contribution in [0, 0.1) is 17.2 Å². The summed E-state index contributed by atoms with van der Waals surface area (Å²) in [6.07, 6.45) is 1.84. The smallest absolute Gasteiger partial charge is 0.404 e. The van der Waals surface area contributed by atoms with Gasteiger partial charge in [0.05, 0.1) is 19.1 Å². The number of methoxy groups -OCH3 is 1. The second kappa shape index (κ2) is 8.20. The van der Waals surface area contributed by atoms with Crippen molar-refractivity contribution in [1.29, 1.82) is 5.26 Å². The first-order chi connectivity index (χ1) is 11.5. The van der Waals surface area contributed by atoms with Gasteiger partial charge in [-0.1, -0.05) is 25.0 Å². The van der Waals surface area contributed by atoms with E-state index in [9.17, 15) is 14.9 Å². The fourth-order valence-electron chi connectivity index (χ4n) is 3.04. The maximum atomic E-state index is 12.6. The van der Waals surface area contributed by atoms with Crippen molar-refractivity contribution in [2.45, 2.75) is 37.8 Å². The van der Waals surface area contributed by atoms with E-state index in [0.717, 1.165) is 12.8 Å². The molecule has 1 saturated carbocycles. The minimum atomic E-state index is -1.13. The Hall–Kier alpha value is -2.75. The number of carboxylic acid groups (broad SMARTS) is 1. The predicted octanol–water partition coefficient (Wildman–Crippen LogP) is 2.20. The van der Waals surface area contributed by atoms with Gasteiger partial charge < -0.3 is 20.5 Å². The van der Waals surface area contributed by atoms with Gasteiger partial charge in [0.2, 0.25) is 5.91 Å². The third kappa shape index (κ3) is 4.38. The van der Waals surface area contributed by atoms with Crippen LogP contribution >= 0.6 is 0 Å². The molecule has 0 heterocycles. The molecule has 0 spiro atoms. The molecular weight excluding hydrogens is 310 g/mol. The van der Waals surface area contributed by atoms with Crippen molar-refractivity contribution >= 4 is 12.0 Å². The van der Waals surface area contributed by atoms with Crippen molar-refractivity contribution < 1.29 is 19.4 Å². The predicted molar refractivity (Wildman–Crippen MR) is 86.4 cm³/mol. The molecule has 0 bridgehead atoms. The molecule has 1 fully saturated rings. The number of nitrogens with zero attached hydrogens (tertiary/aromatic N) is 1. The summed E-state index contributed by atoms with van der Waals surface area (Å²) in [7, 11) is 1.53. The molecule has 1 unspecified atom stereocenters. The lowest BCUT2D eigenvalue weighted by atomic mass is 9.83. The van der Waals surface area contributed by atoms with Crippen molar-refractivity contribution in [2.24, 2.45) is 5.92 Å². The summed E-state index contributed by atoms with van der Waals surface area (Å²) in [4.78, 5) is 23.5. The zero-order valence-corrected chi connectivity index (χ0v) is 13.5. The van der Waals surface area contributed by atoms with Crippen molar-refractivity contribution in [2.75, 3.05) is 7.11 Å². The molecule has 1 aliphatic carbocycles. The average Bonchev–Trinajstić information content (AvgIpc) is 2.59. The maximum Gasteiger partial charge on any atom is 0.404 e. The van der Waals surface area contributed by atoms with Crippen LogP contribution in [0.4, 0.5) is 4.79 Å². The van der Waals surface area contributed by atoms with Gasteiger partial charge in [-0.3, -0.25) is 4.79 Å². The molecule has 3 atom stereocenters. The third-order valence-electron chi connectivity index (χ3n) is 4.25. The highest BCUT2D eigenvalue weighted by molar-refractivity contribution is 5.81. The van der Waals surface area contributed by atoms with Crippen molar-refractivity contribution in [3.63, 3.8) is 0 Å². The Balaban J connectivity index is 2.10. The van der Waals surface area contributed by atoms with Crippen LogP contribution in [0.15, 0.2) is 24.3 Å². The van der Waals surface area contributed by atoms with E-state index in [1.165, 1.54) is 7.11 Å². The molecule has 3 N–H and O–H groups in total. The third-order valence-corrected chi connectivity index (χ3v) is 4.25. The molecule has 1 aliphatic rings. The largest absolute Gasteiger partial charge is 0.497 e. The summed E-state index contributed by atoms with van der Waals surface area (Å²) < 4.78 is 5.13. The van der Waals surface area contributed by atoms with E-state index >= 15 is 0 Å². The topological polar surface area (TPSA) is 111 Å². The number of nitrogens with one attached hydrogen (secondary N) is 2. The van der Waals surface area contributed by atoms with E-state index in [4.69, 9.17) is 9.84 Å². The number of benzene rings is 1. The normalized spacial score (nSPS) is 21.2. The van der Waals surface area contributed by atoms with Gasteiger partial charge in [-0.15, -0.1) is 0 Å². The number of amides is 2. The monoisotopic (exact) mass is 331 g/mol. The molecule has 1 aromatic rings. The molecule has 7 heteroatoms. The van der Waals surface area contributed by atoms with E-state index in [1.54, 1.807) is 24.3 Å². The molecule has 0 saturated heterocycles. The van der Waals surface area contributed by atoms with E-state index in [-0.39, 0.29) is 5.91 Å². The van der Waals surface area contributed by atoms with Gasteiger partial charge >= 0.3 is 6.09 Å². The molecule has 24 heavy (non-hydrogen) atoms. The quantitative estimate of drug-likeness (QED) is 0.766. The molecular formula is C17H21N3O4. The maximum absolute atomic E-state index is 12.6. The zero-order chi connectivity index (χ0) is 17.5. The fourth-order valence-corrected chi connectivity index (χ4v) is 3.04. The summed E-state index contributed by atoms with van der Waals surface area (Å²) in [5, 5.41) is 23.4. The molecule has 1 aromatic carbocycles. The first kappa shape index (κ1) is 17.6. The first-order valence-corrected chi connectivity index (χ1v) is 7.88. The lowest BCUT2D eigenvalue weighted by Crippen LogP contribution is -2.48. The minimum Gasteiger partial charge on any atom is -0.497 e. The van der Waals surface area contributed by atoms with Crippen LogP contribution in [-0.4, -0.2) is 30.3 Å². The molecule has 0 aromatic heterocycles. The lowest BCUT2D eigenvalue weighted by molar-refractivity contribution is -0.127. The van der Waals surface area contributed by atoms with Crippen LogP contribution in [0.1, 0.15) is 37.3 Å². The van der Waals surface area contributed by atoms with Gasteiger partial charge in [-0.2, -0.15) is 5.26 Å². The van der Waals surface area contributed by atoms with Gasteiger partial charge in [-0.05, 0) is 30.5 Å². The fraction of sp³-hybridized carbons (Fsp3) is 0.471. The molecule has 0 radical (unpaired) electrons. The Labute approximate surface area is 140 Å². The van der Waals surface area contributed by atoms with Crippen LogP contribution < -0.4 is 15.4 Å². The SMILES string of the molecule is COc1cccc(C(C#N)NC(=O)[C@@H]2CCCC[C@H]2NC(=O)O)c1. The van der Waals surface area contributed by atoms with Crippen molar-refractivity contribution in [3.05, 3.63) is 29.8 Å². The second-order valence-corrected chi connectivity index (χ2v) is 5.79. The van der Waals surface area contributed by atoms with Crippen LogP contribution in [0.2, 0.25) is 0 Å². The number of ether oxygens (including phenoxy) is 1. The van der Waals surface area contributed by atoms with E-state index in [2.05, 4.69) is 16.7 Å². The number of hydrogen-bond acceptors (Lipinski definition) is 4.